The Morgan fingerprint density at radius 2 is 2.27 bits per heavy atom. The Labute approximate surface area is 86.4 Å². The molecular weight excluding hydrogens is 201 g/mol. The monoisotopic (exact) mass is 213 g/mol. The lowest BCUT2D eigenvalue weighted by molar-refractivity contribution is -0.143. The van der Waals surface area contributed by atoms with Gasteiger partial charge in [-0.25, -0.2) is 9.18 Å². The van der Waals surface area contributed by atoms with Gasteiger partial charge in [0.2, 0.25) is 0 Å². The second-order valence-corrected chi connectivity index (χ2v) is 3.43. The fourth-order valence-electron chi connectivity index (χ4n) is 1.05. The summed E-state index contributed by atoms with van der Waals surface area (Å²) in [5.41, 5.74) is -1.19. The van der Waals surface area contributed by atoms with E-state index in [1.54, 1.807) is 0 Å². The number of aliphatic hydroxyl groups is 1. The molecule has 0 saturated heterocycles. The molecule has 0 aliphatic rings. The van der Waals surface area contributed by atoms with E-state index in [0.29, 0.717) is 5.69 Å². The molecule has 0 bridgehead atoms. The molecule has 4 nitrogen and oxygen atoms in total. The summed E-state index contributed by atoms with van der Waals surface area (Å²) >= 11 is 0. The topological polar surface area (TPSA) is 69.6 Å². The molecule has 0 saturated carbocycles. The number of benzene rings is 1. The number of hydrogen-bond acceptors (Lipinski definition) is 3. The molecule has 15 heavy (non-hydrogen) atoms. The number of carboxylic acids is 1. The van der Waals surface area contributed by atoms with E-state index in [2.05, 4.69) is 5.32 Å². The van der Waals surface area contributed by atoms with Gasteiger partial charge in [0.25, 0.3) is 0 Å². The van der Waals surface area contributed by atoms with Crippen molar-refractivity contribution in [1.82, 2.24) is 0 Å². The number of rotatable bonds is 4. The number of halogens is 1. The van der Waals surface area contributed by atoms with Crippen LogP contribution in [-0.2, 0) is 4.79 Å². The molecule has 0 fully saturated rings. The Kier molecular flexibility index (Phi) is 3.26. The molecule has 1 aromatic carbocycles. The van der Waals surface area contributed by atoms with Crippen LogP contribution in [0.5, 0.6) is 0 Å². The van der Waals surface area contributed by atoms with Crippen molar-refractivity contribution in [1.29, 1.82) is 0 Å². The highest BCUT2D eigenvalue weighted by molar-refractivity contribution is 5.82. The van der Waals surface area contributed by atoms with E-state index in [4.69, 9.17) is 10.2 Å². The van der Waals surface area contributed by atoms with Crippen molar-refractivity contribution in [3.05, 3.63) is 30.1 Å². The number of aliphatic carboxylic acids is 1. The van der Waals surface area contributed by atoms with Gasteiger partial charge in [0.1, 0.15) is 5.82 Å². The SMILES string of the molecule is CC(CO)(Nc1cccc(F)c1)C(=O)O. The van der Waals surface area contributed by atoms with Crippen LogP contribution in [0.25, 0.3) is 0 Å². The minimum Gasteiger partial charge on any atom is -0.479 e. The van der Waals surface area contributed by atoms with Gasteiger partial charge in [-0.15, -0.1) is 0 Å². The second kappa shape index (κ2) is 4.27. The molecule has 0 spiro atoms. The Hall–Kier alpha value is -1.62. The molecule has 1 atom stereocenters. The van der Waals surface area contributed by atoms with E-state index in [0.717, 1.165) is 6.07 Å². The molecule has 82 valence electrons. The van der Waals surface area contributed by atoms with Crippen LogP contribution in [-0.4, -0.2) is 28.3 Å². The smallest absolute Gasteiger partial charge is 0.331 e. The number of nitrogens with one attached hydrogen (secondary N) is 1. The van der Waals surface area contributed by atoms with Crippen molar-refractivity contribution in [2.24, 2.45) is 0 Å². The normalized spacial score (nSPS) is 14.3. The minimum atomic E-state index is -1.51. The predicted octanol–water partition coefficient (Wildman–Crippen LogP) is 1.07. The van der Waals surface area contributed by atoms with Gasteiger partial charge < -0.3 is 15.5 Å². The average Bonchev–Trinajstić information content (AvgIpc) is 2.17. The van der Waals surface area contributed by atoms with Crippen molar-refractivity contribution in [3.63, 3.8) is 0 Å². The summed E-state index contributed by atoms with van der Waals surface area (Å²) in [5.74, 6) is -1.67. The highest BCUT2D eigenvalue weighted by Gasteiger charge is 2.32. The van der Waals surface area contributed by atoms with Crippen molar-refractivity contribution in [2.75, 3.05) is 11.9 Å². The number of carbonyl (C=O) groups is 1. The number of hydrogen-bond donors (Lipinski definition) is 3. The number of carboxylic acid groups (broad SMARTS) is 1. The highest BCUT2D eigenvalue weighted by Crippen LogP contribution is 2.16. The molecule has 0 amide bonds. The Balaban J connectivity index is 2.89. The van der Waals surface area contributed by atoms with Gasteiger partial charge in [-0.3, -0.25) is 0 Å². The summed E-state index contributed by atoms with van der Waals surface area (Å²) in [6.45, 7) is 0.735. The Bertz CT molecular complexity index is 369. The van der Waals surface area contributed by atoms with Crippen molar-refractivity contribution in [2.45, 2.75) is 12.5 Å². The standard InChI is InChI=1S/C10H12FNO3/c1-10(6-13,9(14)15)12-8-4-2-3-7(11)5-8/h2-5,12-13H,6H2,1H3,(H,14,15). The summed E-state index contributed by atoms with van der Waals surface area (Å²) in [6, 6.07) is 5.40. The zero-order chi connectivity index (χ0) is 11.5. The van der Waals surface area contributed by atoms with Crippen molar-refractivity contribution >= 4 is 11.7 Å². The van der Waals surface area contributed by atoms with Gasteiger partial charge in [-0.1, -0.05) is 6.07 Å². The van der Waals surface area contributed by atoms with Gasteiger partial charge in [-0.2, -0.15) is 0 Å². The molecule has 1 rings (SSSR count). The van der Waals surface area contributed by atoms with E-state index >= 15 is 0 Å². The highest BCUT2D eigenvalue weighted by atomic mass is 19.1. The van der Waals surface area contributed by atoms with E-state index in [1.165, 1.54) is 25.1 Å². The van der Waals surface area contributed by atoms with Crippen LogP contribution in [0.1, 0.15) is 6.92 Å². The zero-order valence-electron chi connectivity index (χ0n) is 8.20. The molecule has 0 aromatic heterocycles. The molecule has 0 aliphatic heterocycles. The molecule has 0 aliphatic carbocycles. The lowest BCUT2D eigenvalue weighted by atomic mass is 10.0. The quantitative estimate of drug-likeness (QED) is 0.699. The molecule has 0 radical (unpaired) electrons. The molecule has 3 N–H and O–H groups in total. The largest absolute Gasteiger partial charge is 0.479 e. The molecule has 5 heteroatoms. The summed E-state index contributed by atoms with van der Waals surface area (Å²) in [4.78, 5) is 10.8. The molecular formula is C10H12FNO3. The average molecular weight is 213 g/mol. The third-order valence-electron chi connectivity index (χ3n) is 2.03. The van der Waals surface area contributed by atoms with Gasteiger partial charge in [0.05, 0.1) is 6.61 Å². The van der Waals surface area contributed by atoms with Crippen LogP contribution in [0.3, 0.4) is 0 Å². The molecule has 1 aromatic rings. The maximum Gasteiger partial charge on any atom is 0.331 e. The summed E-state index contributed by atoms with van der Waals surface area (Å²) < 4.78 is 12.8. The fourth-order valence-corrected chi connectivity index (χ4v) is 1.05. The molecule has 1 unspecified atom stereocenters. The predicted molar refractivity (Wildman–Crippen MR) is 53.1 cm³/mol. The van der Waals surface area contributed by atoms with Gasteiger partial charge in [-0.05, 0) is 25.1 Å². The third-order valence-corrected chi connectivity index (χ3v) is 2.03. The van der Waals surface area contributed by atoms with Gasteiger partial charge in [0, 0.05) is 5.69 Å². The van der Waals surface area contributed by atoms with Crippen molar-refractivity contribution < 1.29 is 19.4 Å². The third kappa shape index (κ3) is 2.66. The van der Waals surface area contributed by atoms with Gasteiger partial charge in [0.15, 0.2) is 5.54 Å². The Morgan fingerprint density at radius 3 is 2.73 bits per heavy atom. The molecule has 0 heterocycles. The number of anilines is 1. The van der Waals surface area contributed by atoms with E-state index < -0.39 is 23.9 Å². The van der Waals surface area contributed by atoms with Crippen LogP contribution in [0.4, 0.5) is 10.1 Å². The maximum atomic E-state index is 12.8. The second-order valence-electron chi connectivity index (χ2n) is 3.43. The van der Waals surface area contributed by atoms with Crippen LogP contribution >= 0.6 is 0 Å². The fraction of sp³-hybridized carbons (Fsp3) is 0.300. The van der Waals surface area contributed by atoms with Crippen LogP contribution in [0.15, 0.2) is 24.3 Å². The van der Waals surface area contributed by atoms with E-state index in [1.807, 2.05) is 0 Å². The summed E-state index contributed by atoms with van der Waals surface area (Å²) in [7, 11) is 0. The lowest BCUT2D eigenvalue weighted by Crippen LogP contribution is -2.46. The first-order chi connectivity index (χ1) is 6.98. The van der Waals surface area contributed by atoms with Crippen LogP contribution in [0, 0.1) is 5.82 Å². The van der Waals surface area contributed by atoms with E-state index in [-0.39, 0.29) is 0 Å². The van der Waals surface area contributed by atoms with Crippen LogP contribution < -0.4 is 5.32 Å². The van der Waals surface area contributed by atoms with E-state index in [9.17, 15) is 9.18 Å². The number of aliphatic hydroxyl groups excluding tert-OH is 1. The first-order valence-electron chi connectivity index (χ1n) is 4.36. The van der Waals surface area contributed by atoms with Crippen molar-refractivity contribution in [3.8, 4) is 0 Å². The van der Waals surface area contributed by atoms with Gasteiger partial charge >= 0.3 is 5.97 Å². The zero-order valence-corrected chi connectivity index (χ0v) is 8.20. The Morgan fingerprint density at radius 1 is 1.60 bits per heavy atom. The first kappa shape index (κ1) is 11.5. The van der Waals surface area contributed by atoms with Crippen LogP contribution in [0.2, 0.25) is 0 Å². The minimum absolute atomic E-state index is 0.314. The summed E-state index contributed by atoms with van der Waals surface area (Å²) in [5, 5.41) is 20.4. The summed E-state index contributed by atoms with van der Waals surface area (Å²) in [6.07, 6.45) is 0. The lowest BCUT2D eigenvalue weighted by Gasteiger charge is -2.24. The maximum absolute atomic E-state index is 12.8. The first-order valence-corrected chi connectivity index (χ1v) is 4.36.